The number of benzene rings is 1. The highest BCUT2D eigenvalue weighted by Gasteiger charge is 2.17. The average molecular weight is 267 g/mol. The van der Waals surface area contributed by atoms with Gasteiger partial charge in [0.15, 0.2) is 5.82 Å². The topological polar surface area (TPSA) is 77.0 Å². The fourth-order valence-corrected chi connectivity index (χ4v) is 2.19. The smallest absolute Gasteiger partial charge is 0.325 e. The molecule has 2 aromatic heterocycles. The van der Waals surface area contributed by atoms with Gasteiger partial charge in [-0.05, 0) is 36.4 Å². The third-order valence-corrected chi connectivity index (χ3v) is 3.13. The molecule has 6 nitrogen and oxygen atoms in total. The lowest BCUT2D eigenvalue weighted by Gasteiger charge is -2.18. The second kappa shape index (κ2) is 4.65. The monoisotopic (exact) mass is 267 g/mol. The highest BCUT2D eigenvalue weighted by atomic mass is 16.2. The number of carbonyl (C=O) groups is 1. The maximum atomic E-state index is 11.7. The molecule has 0 aliphatic carbocycles. The van der Waals surface area contributed by atoms with E-state index >= 15 is 0 Å². The van der Waals surface area contributed by atoms with Crippen molar-refractivity contribution in [1.82, 2.24) is 14.8 Å². The molecule has 0 fully saturated rings. The molecular weight excluding hydrogens is 254 g/mol. The lowest BCUT2D eigenvalue weighted by molar-refractivity contribution is 0.256. The maximum Gasteiger partial charge on any atom is 0.325 e. The molecule has 0 unspecified atom stereocenters. The Hall–Kier alpha value is -2.89. The first-order valence-corrected chi connectivity index (χ1v) is 6.09. The van der Waals surface area contributed by atoms with Crippen LogP contribution in [0.4, 0.5) is 16.3 Å². The summed E-state index contributed by atoms with van der Waals surface area (Å²) in [5, 5.41) is 8.74. The van der Waals surface area contributed by atoms with Gasteiger partial charge in [-0.2, -0.15) is 5.10 Å². The molecule has 2 N–H and O–H groups in total. The van der Waals surface area contributed by atoms with E-state index in [1.807, 2.05) is 42.1 Å². The van der Waals surface area contributed by atoms with Crippen LogP contribution in [0.2, 0.25) is 0 Å². The van der Waals surface area contributed by atoms with E-state index in [-0.39, 0.29) is 0 Å². The first-order chi connectivity index (χ1) is 9.66. The molecule has 0 spiro atoms. The van der Waals surface area contributed by atoms with Gasteiger partial charge in [-0.25, -0.2) is 9.69 Å². The standard InChI is InChI=1S/C14H13N5O/c1-18-8-6-10-9-11(4-5-12(10)18)19(14(15)20)13-3-2-7-16-17-13/h2-9H,1H3,(H2,15,20). The Kier molecular flexibility index (Phi) is 2.83. The number of nitrogens with zero attached hydrogens (tertiary/aromatic N) is 4. The van der Waals surface area contributed by atoms with Crippen LogP contribution in [0.25, 0.3) is 10.9 Å². The number of nitrogens with two attached hydrogens (primary N) is 1. The van der Waals surface area contributed by atoms with Crippen molar-refractivity contribution in [3.8, 4) is 0 Å². The summed E-state index contributed by atoms with van der Waals surface area (Å²) in [5.41, 5.74) is 7.21. The molecule has 20 heavy (non-hydrogen) atoms. The van der Waals surface area contributed by atoms with Crippen LogP contribution in [-0.4, -0.2) is 20.8 Å². The minimum absolute atomic E-state index is 0.398. The summed E-state index contributed by atoms with van der Waals surface area (Å²) >= 11 is 0. The number of fused-ring (bicyclic) bond motifs is 1. The number of primary amides is 1. The second-order valence-corrected chi connectivity index (χ2v) is 4.43. The summed E-state index contributed by atoms with van der Waals surface area (Å²) in [5.74, 6) is 0.398. The lowest BCUT2D eigenvalue weighted by atomic mass is 10.2. The van der Waals surface area contributed by atoms with Crippen molar-refractivity contribution in [3.05, 3.63) is 48.8 Å². The van der Waals surface area contributed by atoms with E-state index in [9.17, 15) is 4.79 Å². The fourth-order valence-electron chi connectivity index (χ4n) is 2.19. The summed E-state index contributed by atoms with van der Waals surface area (Å²) < 4.78 is 2.01. The summed E-state index contributed by atoms with van der Waals surface area (Å²) in [4.78, 5) is 13.0. The Morgan fingerprint density at radius 3 is 2.85 bits per heavy atom. The summed E-state index contributed by atoms with van der Waals surface area (Å²) in [6.45, 7) is 0. The number of anilines is 2. The van der Waals surface area contributed by atoms with Crippen LogP contribution in [0.1, 0.15) is 0 Å². The predicted octanol–water partition coefficient (Wildman–Crippen LogP) is 2.19. The number of aromatic nitrogens is 3. The molecule has 0 saturated heterocycles. The molecule has 2 amide bonds. The van der Waals surface area contributed by atoms with E-state index < -0.39 is 6.03 Å². The van der Waals surface area contributed by atoms with Gasteiger partial charge in [0.05, 0.1) is 5.69 Å². The number of aryl methyl sites for hydroxylation is 1. The average Bonchev–Trinajstić information content (AvgIpc) is 2.81. The van der Waals surface area contributed by atoms with Gasteiger partial charge in [-0.15, -0.1) is 5.10 Å². The van der Waals surface area contributed by atoms with Crippen LogP contribution in [0.15, 0.2) is 48.8 Å². The van der Waals surface area contributed by atoms with E-state index in [1.165, 1.54) is 4.90 Å². The number of urea groups is 1. The molecule has 100 valence electrons. The van der Waals surface area contributed by atoms with Gasteiger partial charge in [0, 0.05) is 30.3 Å². The van der Waals surface area contributed by atoms with E-state index in [4.69, 9.17) is 5.73 Å². The van der Waals surface area contributed by atoms with Gasteiger partial charge >= 0.3 is 6.03 Å². The molecule has 1 aromatic carbocycles. The first kappa shape index (κ1) is 12.2. The molecule has 0 saturated carbocycles. The third kappa shape index (κ3) is 1.97. The van der Waals surface area contributed by atoms with Gasteiger partial charge in [0.1, 0.15) is 0 Å². The van der Waals surface area contributed by atoms with Gasteiger partial charge in [0.25, 0.3) is 0 Å². The number of hydrogen-bond acceptors (Lipinski definition) is 3. The number of hydrogen-bond donors (Lipinski definition) is 1. The Morgan fingerprint density at radius 1 is 1.30 bits per heavy atom. The van der Waals surface area contributed by atoms with Crippen LogP contribution in [0.3, 0.4) is 0 Å². The minimum atomic E-state index is -0.596. The van der Waals surface area contributed by atoms with Gasteiger partial charge in [0.2, 0.25) is 0 Å². The molecule has 0 radical (unpaired) electrons. The number of carbonyl (C=O) groups excluding carboxylic acids is 1. The lowest BCUT2D eigenvalue weighted by Crippen LogP contribution is -2.32. The SMILES string of the molecule is Cn1ccc2cc(N(C(N)=O)c3cccnn3)ccc21. The Bertz CT molecular complexity index is 766. The van der Waals surface area contributed by atoms with Crippen LogP contribution >= 0.6 is 0 Å². The van der Waals surface area contributed by atoms with E-state index in [0.717, 1.165) is 10.9 Å². The van der Waals surface area contributed by atoms with E-state index in [2.05, 4.69) is 10.2 Å². The van der Waals surface area contributed by atoms with Crippen molar-refractivity contribution in [2.24, 2.45) is 12.8 Å². The molecule has 6 heteroatoms. The van der Waals surface area contributed by atoms with Crippen molar-refractivity contribution in [2.45, 2.75) is 0 Å². The Balaban J connectivity index is 2.12. The van der Waals surface area contributed by atoms with E-state index in [0.29, 0.717) is 11.5 Å². The molecule has 0 aliphatic heterocycles. The van der Waals surface area contributed by atoms with Crippen molar-refractivity contribution >= 4 is 28.4 Å². The quantitative estimate of drug-likeness (QED) is 0.773. The molecule has 0 aliphatic rings. The minimum Gasteiger partial charge on any atom is -0.351 e. The number of rotatable bonds is 2. The Labute approximate surface area is 115 Å². The normalized spacial score (nSPS) is 10.7. The molecule has 3 rings (SSSR count). The van der Waals surface area contributed by atoms with Crippen molar-refractivity contribution in [1.29, 1.82) is 0 Å². The van der Waals surface area contributed by atoms with Gasteiger partial charge < -0.3 is 10.3 Å². The highest BCUT2D eigenvalue weighted by Crippen LogP contribution is 2.27. The van der Waals surface area contributed by atoms with Gasteiger partial charge in [-0.1, -0.05) is 0 Å². The zero-order valence-electron chi connectivity index (χ0n) is 10.9. The highest BCUT2D eigenvalue weighted by molar-refractivity contribution is 5.99. The fraction of sp³-hybridized carbons (Fsp3) is 0.0714. The number of amides is 2. The van der Waals surface area contributed by atoms with Crippen molar-refractivity contribution in [2.75, 3.05) is 4.90 Å². The largest absolute Gasteiger partial charge is 0.351 e. The molecule has 3 aromatic rings. The predicted molar refractivity (Wildman–Crippen MR) is 76.7 cm³/mol. The van der Waals surface area contributed by atoms with E-state index in [1.54, 1.807) is 18.3 Å². The zero-order chi connectivity index (χ0) is 14.1. The van der Waals surface area contributed by atoms with Gasteiger partial charge in [-0.3, -0.25) is 0 Å². The van der Waals surface area contributed by atoms with Crippen molar-refractivity contribution in [3.63, 3.8) is 0 Å². The van der Waals surface area contributed by atoms with Crippen LogP contribution in [0, 0.1) is 0 Å². The van der Waals surface area contributed by atoms with Crippen LogP contribution < -0.4 is 10.6 Å². The first-order valence-electron chi connectivity index (χ1n) is 6.09. The molecule has 0 atom stereocenters. The van der Waals surface area contributed by atoms with Crippen LogP contribution in [0.5, 0.6) is 0 Å². The Morgan fingerprint density at radius 2 is 2.15 bits per heavy atom. The molecular formula is C14H13N5O. The maximum absolute atomic E-state index is 11.7. The van der Waals surface area contributed by atoms with Crippen molar-refractivity contribution < 1.29 is 4.79 Å². The zero-order valence-corrected chi connectivity index (χ0v) is 10.9. The summed E-state index contributed by atoms with van der Waals surface area (Å²) in [7, 11) is 1.97. The molecule has 2 heterocycles. The molecule has 0 bridgehead atoms. The second-order valence-electron chi connectivity index (χ2n) is 4.43. The summed E-state index contributed by atoms with van der Waals surface area (Å²) in [6.07, 6.45) is 3.51. The van der Waals surface area contributed by atoms with Crippen LogP contribution in [-0.2, 0) is 7.05 Å². The third-order valence-electron chi connectivity index (χ3n) is 3.13. The summed E-state index contributed by atoms with van der Waals surface area (Å²) in [6, 6.07) is 10.5.